The van der Waals surface area contributed by atoms with Gasteiger partial charge in [0.05, 0.1) is 17.5 Å². The van der Waals surface area contributed by atoms with Gasteiger partial charge < -0.3 is 10.4 Å². The molecular formula is C22H28N2O3S. The zero-order chi connectivity index (χ0) is 20.1. The van der Waals surface area contributed by atoms with E-state index in [0.29, 0.717) is 18.0 Å². The molecule has 1 amide bonds. The van der Waals surface area contributed by atoms with Crippen molar-refractivity contribution in [3.63, 3.8) is 0 Å². The molecule has 1 fully saturated rings. The standard InChI is InChI=1S/C22H28N2O3S/c1-3-4-7-15-10-12-16(13-11-15)19-14(2)28-22(23-19)24-20(25)17-8-5-6-9-18(17)21(26)27/h10-13,17-18H,3-9H2,1-2H3,(H,26,27)(H,23,24,25). The van der Waals surface area contributed by atoms with Gasteiger partial charge in [-0.1, -0.05) is 50.5 Å². The van der Waals surface area contributed by atoms with E-state index in [1.165, 1.54) is 29.7 Å². The highest BCUT2D eigenvalue weighted by Gasteiger charge is 2.36. The molecule has 150 valence electrons. The molecule has 2 unspecified atom stereocenters. The molecule has 0 bridgehead atoms. The van der Waals surface area contributed by atoms with Crippen molar-refractivity contribution in [2.24, 2.45) is 11.8 Å². The minimum absolute atomic E-state index is 0.220. The molecule has 1 aromatic heterocycles. The molecular weight excluding hydrogens is 372 g/mol. The second-order valence-electron chi connectivity index (χ2n) is 7.55. The molecule has 3 rings (SSSR count). The third-order valence-electron chi connectivity index (χ3n) is 5.49. The lowest BCUT2D eigenvalue weighted by molar-refractivity contribution is -0.147. The first kappa shape index (κ1) is 20.5. The van der Waals surface area contributed by atoms with Crippen LogP contribution in [-0.2, 0) is 16.0 Å². The molecule has 5 nitrogen and oxygen atoms in total. The summed E-state index contributed by atoms with van der Waals surface area (Å²) in [6, 6.07) is 8.45. The van der Waals surface area contributed by atoms with Gasteiger partial charge in [0, 0.05) is 10.4 Å². The third kappa shape index (κ3) is 4.79. The summed E-state index contributed by atoms with van der Waals surface area (Å²) in [5.74, 6) is -2.16. The molecule has 0 spiro atoms. The number of rotatable bonds is 7. The summed E-state index contributed by atoms with van der Waals surface area (Å²) >= 11 is 1.44. The van der Waals surface area contributed by atoms with E-state index in [4.69, 9.17) is 0 Å². The van der Waals surface area contributed by atoms with Crippen molar-refractivity contribution in [2.75, 3.05) is 5.32 Å². The zero-order valence-corrected chi connectivity index (χ0v) is 17.3. The maximum atomic E-state index is 12.7. The number of benzene rings is 1. The van der Waals surface area contributed by atoms with Gasteiger partial charge >= 0.3 is 5.97 Å². The van der Waals surface area contributed by atoms with Crippen LogP contribution in [0.2, 0.25) is 0 Å². The first-order chi connectivity index (χ1) is 13.5. The number of carbonyl (C=O) groups excluding carboxylic acids is 1. The Morgan fingerprint density at radius 1 is 1.18 bits per heavy atom. The fourth-order valence-electron chi connectivity index (χ4n) is 3.87. The van der Waals surface area contributed by atoms with E-state index >= 15 is 0 Å². The van der Waals surface area contributed by atoms with Gasteiger partial charge in [-0.05, 0) is 38.2 Å². The molecule has 28 heavy (non-hydrogen) atoms. The van der Waals surface area contributed by atoms with Gasteiger partial charge in [0.1, 0.15) is 0 Å². The molecule has 1 aliphatic rings. The van der Waals surface area contributed by atoms with Crippen molar-refractivity contribution < 1.29 is 14.7 Å². The largest absolute Gasteiger partial charge is 0.481 e. The van der Waals surface area contributed by atoms with Gasteiger partial charge in [-0.3, -0.25) is 9.59 Å². The average Bonchev–Trinajstić information content (AvgIpc) is 3.06. The Morgan fingerprint density at radius 3 is 2.50 bits per heavy atom. The van der Waals surface area contributed by atoms with E-state index in [0.717, 1.165) is 35.4 Å². The number of aliphatic carboxylic acids is 1. The number of unbranched alkanes of at least 4 members (excludes halogenated alkanes) is 1. The second-order valence-corrected chi connectivity index (χ2v) is 8.75. The van der Waals surface area contributed by atoms with Gasteiger partial charge in [0.25, 0.3) is 0 Å². The monoisotopic (exact) mass is 400 g/mol. The summed E-state index contributed by atoms with van der Waals surface area (Å²) in [7, 11) is 0. The highest BCUT2D eigenvalue weighted by atomic mass is 32.1. The minimum atomic E-state index is -0.876. The van der Waals surface area contributed by atoms with E-state index in [-0.39, 0.29) is 5.91 Å². The number of carboxylic acid groups (broad SMARTS) is 1. The van der Waals surface area contributed by atoms with E-state index in [1.807, 2.05) is 6.92 Å². The number of aryl methyl sites for hydroxylation is 2. The normalized spacial score (nSPS) is 19.4. The lowest BCUT2D eigenvalue weighted by Gasteiger charge is -2.26. The Kier molecular flexibility index (Phi) is 6.83. The van der Waals surface area contributed by atoms with Crippen LogP contribution in [0.4, 0.5) is 5.13 Å². The quantitative estimate of drug-likeness (QED) is 0.662. The maximum Gasteiger partial charge on any atom is 0.307 e. The molecule has 0 aliphatic heterocycles. The number of amides is 1. The molecule has 6 heteroatoms. The van der Waals surface area contributed by atoms with Crippen LogP contribution in [0.15, 0.2) is 24.3 Å². The summed E-state index contributed by atoms with van der Waals surface area (Å²) in [4.78, 5) is 29.8. The molecule has 1 aromatic carbocycles. The van der Waals surface area contributed by atoms with E-state index in [9.17, 15) is 14.7 Å². The lowest BCUT2D eigenvalue weighted by Crippen LogP contribution is -2.36. The first-order valence-electron chi connectivity index (χ1n) is 10.1. The zero-order valence-electron chi connectivity index (χ0n) is 16.5. The Hall–Kier alpha value is -2.21. The van der Waals surface area contributed by atoms with Gasteiger partial charge in [0.2, 0.25) is 5.91 Å². The average molecular weight is 401 g/mol. The summed E-state index contributed by atoms with van der Waals surface area (Å²) in [6.07, 6.45) is 6.41. The predicted octanol–water partition coefficient (Wildman–Crippen LogP) is 5.29. The number of hydrogen-bond donors (Lipinski definition) is 2. The summed E-state index contributed by atoms with van der Waals surface area (Å²) in [5.41, 5.74) is 3.24. The smallest absolute Gasteiger partial charge is 0.307 e. The van der Waals surface area contributed by atoms with Gasteiger partial charge in [-0.25, -0.2) is 4.98 Å². The molecule has 1 heterocycles. The molecule has 2 aromatic rings. The van der Waals surface area contributed by atoms with Gasteiger partial charge in [-0.2, -0.15) is 0 Å². The highest BCUT2D eigenvalue weighted by molar-refractivity contribution is 7.16. The van der Waals surface area contributed by atoms with E-state index in [2.05, 4.69) is 41.5 Å². The molecule has 2 N–H and O–H groups in total. The maximum absolute atomic E-state index is 12.7. The number of aromatic nitrogens is 1. The summed E-state index contributed by atoms with van der Waals surface area (Å²) in [5, 5.41) is 12.8. The number of carbonyl (C=O) groups is 2. The van der Waals surface area contributed by atoms with Crippen molar-refractivity contribution in [3.05, 3.63) is 34.7 Å². The van der Waals surface area contributed by atoms with Crippen LogP contribution in [-0.4, -0.2) is 22.0 Å². The van der Waals surface area contributed by atoms with Crippen LogP contribution >= 0.6 is 11.3 Å². The van der Waals surface area contributed by atoms with Crippen LogP contribution < -0.4 is 5.32 Å². The third-order valence-corrected chi connectivity index (χ3v) is 6.38. The Labute approximate surface area is 170 Å². The number of nitrogens with one attached hydrogen (secondary N) is 1. The van der Waals surface area contributed by atoms with Crippen LogP contribution in [0.1, 0.15) is 55.9 Å². The van der Waals surface area contributed by atoms with Gasteiger partial charge in [0.15, 0.2) is 5.13 Å². The Bertz CT molecular complexity index is 829. The first-order valence-corrected chi connectivity index (χ1v) is 10.9. The fourth-order valence-corrected chi connectivity index (χ4v) is 4.71. The van der Waals surface area contributed by atoms with Crippen molar-refractivity contribution in [3.8, 4) is 11.3 Å². The molecule has 1 aliphatic carbocycles. The number of nitrogens with zero attached hydrogens (tertiary/aromatic N) is 1. The van der Waals surface area contributed by atoms with Crippen molar-refractivity contribution in [2.45, 2.75) is 58.8 Å². The molecule has 0 radical (unpaired) electrons. The van der Waals surface area contributed by atoms with Crippen LogP contribution in [0.3, 0.4) is 0 Å². The van der Waals surface area contributed by atoms with Crippen LogP contribution in [0.5, 0.6) is 0 Å². The van der Waals surface area contributed by atoms with Crippen molar-refractivity contribution in [1.82, 2.24) is 4.98 Å². The highest BCUT2D eigenvalue weighted by Crippen LogP contribution is 2.34. The molecule has 2 atom stereocenters. The second kappa shape index (κ2) is 9.32. The number of carboxylic acids is 1. The number of hydrogen-bond acceptors (Lipinski definition) is 4. The topological polar surface area (TPSA) is 79.3 Å². The van der Waals surface area contributed by atoms with Gasteiger partial charge in [-0.15, -0.1) is 11.3 Å². The predicted molar refractivity (Wildman–Crippen MR) is 113 cm³/mol. The van der Waals surface area contributed by atoms with E-state index in [1.54, 1.807) is 0 Å². The lowest BCUT2D eigenvalue weighted by atomic mass is 9.79. The SMILES string of the molecule is CCCCc1ccc(-c2nc(NC(=O)C3CCCCC3C(=O)O)sc2C)cc1. The van der Waals surface area contributed by atoms with Crippen LogP contribution in [0, 0.1) is 18.8 Å². The summed E-state index contributed by atoms with van der Waals surface area (Å²) in [6.45, 7) is 4.18. The Balaban J connectivity index is 1.71. The number of anilines is 1. The van der Waals surface area contributed by atoms with Crippen LogP contribution in [0.25, 0.3) is 11.3 Å². The minimum Gasteiger partial charge on any atom is -0.481 e. The molecule has 1 saturated carbocycles. The summed E-state index contributed by atoms with van der Waals surface area (Å²) < 4.78 is 0. The van der Waals surface area contributed by atoms with E-state index < -0.39 is 17.8 Å². The number of thiazole rings is 1. The Morgan fingerprint density at radius 2 is 1.86 bits per heavy atom. The van der Waals surface area contributed by atoms with Crippen molar-refractivity contribution >= 4 is 28.3 Å². The van der Waals surface area contributed by atoms with Crippen molar-refractivity contribution in [1.29, 1.82) is 0 Å². The molecule has 0 saturated heterocycles. The fraction of sp³-hybridized carbons (Fsp3) is 0.500.